The lowest BCUT2D eigenvalue weighted by Crippen LogP contribution is -2.52. The summed E-state index contributed by atoms with van der Waals surface area (Å²) in [5.74, 6) is -1.91. The summed E-state index contributed by atoms with van der Waals surface area (Å²) >= 11 is 0. The highest BCUT2D eigenvalue weighted by atomic mass is 19.1. The predicted octanol–water partition coefficient (Wildman–Crippen LogP) is 2.28. The molecule has 32 heavy (non-hydrogen) atoms. The lowest BCUT2D eigenvalue weighted by Gasteiger charge is -2.29. The Labute approximate surface area is 181 Å². The minimum atomic E-state index is -1.67. The first kappa shape index (κ1) is 20.0. The number of hydrogen-bond donors (Lipinski definition) is 2. The molecule has 2 aliphatic rings. The van der Waals surface area contributed by atoms with Crippen molar-refractivity contribution < 1.29 is 27.9 Å². The van der Waals surface area contributed by atoms with Crippen LogP contribution in [0.4, 0.5) is 9.18 Å². The first-order valence-corrected chi connectivity index (χ1v) is 9.90. The number of methoxy groups -OCH3 is 1. The van der Waals surface area contributed by atoms with Crippen LogP contribution in [-0.4, -0.2) is 41.4 Å². The minimum absolute atomic E-state index is 0.0452. The number of furan rings is 1. The summed E-state index contributed by atoms with van der Waals surface area (Å²) < 4.78 is 25.7. The highest BCUT2D eigenvalue weighted by Crippen LogP contribution is 2.36. The number of rotatable bonds is 4. The maximum atomic E-state index is 14.7. The van der Waals surface area contributed by atoms with Crippen LogP contribution >= 0.6 is 0 Å². The average molecular weight is 438 g/mol. The third-order valence-electron chi connectivity index (χ3n) is 5.90. The van der Waals surface area contributed by atoms with Crippen molar-refractivity contribution in [3.05, 3.63) is 58.4 Å². The Kier molecular flexibility index (Phi) is 4.23. The Morgan fingerprint density at radius 2 is 2.03 bits per heavy atom. The van der Waals surface area contributed by atoms with E-state index in [0.29, 0.717) is 22.2 Å². The zero-order valence-electron chi connectivity index (χ0n) is 17.5. The molecule has 164 valence electrons. The molecule has 10 heteroatoms. The quantitative estimate of drug-likeness (QED) is 0.604. The first-order chi connectivity index (χ1) is 15.2. The summed E-state index contributed by atoms with van der Waals surface area (Å²) in [6.07, 6.45) is 0. The Morgan fingerprint density at radius 3 is 2.72 bits per heavy atom. The summed E-state index contributed by atoms with van der Waals surface area (Å²) in [5, 5.41) is 5.52. The van der Waals surface area contributed by atoms with Crippen LogP contribution in [0.3, 0.4) is 0 Å². The van der Waals surface area contributed by atoms with E-state index in [2.05, 4.69) is 15.6 Å². The number of halogens is 1. The molecule has 1 atom stereocenters. The van der Waals surface area contributed by atoms with Gasteiger partial charge in [-0.25, -0.2) is 9.18 Å². The van der Waals surface area contributed by atoms with Crippen molar-refractivity contribution in [3.8, 4) is 5.75 Å². The van der Waals surface area contributed by atoms with Crippen LogP contribution in [0.25, 0.3) is 11.0 Å². The van der Waals surface area contributed by atoms with Crippen LogP contribution in [0.15, 0.2) is 28.7 Å². The first-order valence-electron chi connectivity index (χ1n) is 9.90. The molecule has 2 N–H and O–H groups in total. The maximum absolute atomic E-state index is 14.7. The fraction of sp³-hybridized carbons (Fsp3) is 0.273. The van der Waals surface area contributed by atoms with Crippen LogP contribution in [-0.2, 0) is 16.9 Å². The molecule has 0 saturated carbocycles. The Hall–Kier alpha value is -3.95. The van der Waals surface area contributed by atoms with Gasteiger partial charge in [0.05, 0.1) is 19.2 Å². The molecule has 5 rings (SSSR count). The van der Waals surface area contributed by atoms with Crippen LogP contribution in [0.5, 0.6) is 5.75 Å². The number of imide groups is 1. The molecule has 4 heterocycles. The Balaban J connectivity index is 1.58. The normalized spacial score (nSPS) is 20.0. The standard InChI is InChI=1S/C22H19FN4O5/c1-10-6-15-13(11(2)24-10)7-16(32-15)22(20(29)25-21(30)26-22)9-27-8-12-4-5-14(31-3)18(23)17(12)19(27)28/h4-7H,8-9H2,1-3H3,(H2,25,26,29,30)/t22-/m0/s1. The number of ether oxygens (including phenoxy) is 1. The number of benzene rings is 1. The smallest absolute Gasteiger partial charge is 0.322 e. The number of carbonyl (C=O) groups is 3. The second-order valence-corrected chi connectivity index (χ2v) is 7.96. The highest BCUT2D eigenvalue weighted by molar-refractivity contribution is 6.08. The van der Waals surface area contributed by atoms with Gasteiger partial charge in [0.2, 0.25) is 0 Å². The summed E-state index contributed by atoms with van der Waals surface area (Å²) in [6.45, 7) is 3.45. The molecular weight excluding hydrogens is 419 g/mol. The number of aromatic nitrogens is 1. The molecule has 9 nitrogen and oxygen atoms in total. The van der Waals surface area contributed by atoms with Gasteiger partial charge in [-0.2, -0.15) is 0 Å². The van der Waals surface area contributed by atoms with Crippen molar-refractivity contribution in [2.45, 2.75) is 25.9 Å². The van der Waals surface area contributed by atoms with E-state index < -0.39 is 29.2 Å². The Morgan fingerprint density at radius 1 is 1.25 bits per heavy atom. The van der Waals surface area contributed by atoms with Gasteiger partial charge in [-0.3, -0.25) is 19.9 Å². The molecule has 2 aromatic heterocycles. The van der Waals surface area contributed by atoms with Gasteiger partial charge >= 0.3 is 6.03 Å². The molecule has 0 aliphatic carbocycles. The lowest BCUT2D eigenvalue weighted by molar-refractivity contribution is -0.125. The summed E-state index contributed by atoms with van der Waals surface area (Å²) in [6, 6.07) is 5.71. The molecule has 1 fully saturated rings. The number of amides is 4. The molecular formula is C22H19FN4O5. The van der Waals surface area contributed by atoms with Gasteiger partial charge < -0.3 is 19.4 Å². The van der Waals surface area contributed by atoms with Gasteiger partial charge in [0.15, 0.2) is 17.1 Å². The molecule has 1 saturated heterocycles. The van der Waals surface area contributed by atoms with E-state index in [9.17, 15) is 18.8 Å². The summed E-state index contributed by atoms with van der Waals surface area (Å²) in [4.78, 5) is 43.8. The number of nitrogens with zero attached hydrogens (tertiary/aromatic N) is 2. The van der Waals surface area contributed by atoms with Crippen molar-refractivity contribution in [1.82, 2.24) is 20.5 Å². The number of carbonyl (C=O) groups excluding carboxylic acids is 3. The van der Waals surface area contributed by atoms with Gasteiger partial charge in [0, 0.05) is 29.4 Å². The van der Waals surface area contributed by atoms with Gasteiger partial charge in [0.25, 0.3) is 11.8 Å². The summed E-state index contributed by atoms with van der Waals surface area (Å²) in [5.41, 5.74) is 0.630. The van der Waals surface area contributed by atoms with E-state index in [1.165, 1.54) is 18.1 Å². The molecule has 3 aromatic rings. The second-order valence-electron chi connectivity index (χ2n) is 7.96. The van der Waals surface area contributed by atoms with Crippen molar-refractivity contribution in [3.63, 3.8) is 0 Å². The van der Waals surface area contributed by atoms with Crippen LogP contribution in [0, 0.1) is 19.7 Å². The minimum Gasteiger partial charge on any atom is -0.494 e. The number of hydrogen-bond acceptors (Lipinski definition) is 6. The van der Waals surface area contributed by atoms with Gasteiger partial charge in [-0.1, -0.05) is 6.07 Å². The van der Waals surface area contributed by atoms with E-state index in [4.69, 9.17) is 9.15 Å². The predicted molar refractivity (Wildman–Crippen MR) is 110 cm³/mol. The third-order valence-corrected chi connectivity index (χ3v) is 5.90. The second kappa shape index (κ2) is 6.78. The maximum Gasteiger partial charge on any atom is 0.322 e. The van der Waals surface area contributed by atoms with E-state index in [1.807, 2.05) is 13.8 Å². The number of urea groups is 1. The molecule has 0 spiro atoms. The topological polar surface area (TPSA) is 114 Å². The van der Waals surface area contributed by atoms with E-state index >= 15 is 0 Å². The van der Waals surface area contributed by atoms with Crippen LogP contribution in [0.2, 0.25) is 0 Å². The van der Waals surface area contributed by atoms with E-state index in [0.717, 1.165) is 5.69 Å². The average Bonchev–Trinajstić information content (AvgIpc) is 3.38. The van der Waals surface area contributed by atoms with Gasteiger partial charge in [-0.15, -0.1) is 0 Å². The van der Waals surface area contributed by atoms with Gasteiger partial charge in [0.1, 0.15) is 11.3 Å². The van der Waals surface area contributed by atoms with Crippen LogP contribution in [0.1, 0.15) is 33.1 Å². The largest absolute Gasteiger partial charge is 0.494 e. The third kappa shape index (κ3) is 2.75. The van der Waals surface area contributed by atoms with E-state index in [-0.39, 0.29) is 30.2 Å². The molecule has 0 bridgehead atoms. The highest BCUT2D eigenvalue weighted by Gasteiger charge is 2.53. The molecule has 0 unspecified atom stereocenters. The van der Waals surface area contributed by atoms with Crippen molar-refractivity contribution in [2.24, 2.45) is 0 Å². The van der Waals surface area contributed by atoms with Crippen molar-refractivity contribution >= 4 is 28.8 Å². The molecule has 2 aliphatic heterocycles. The number of pyridine rings is 1. The fourth-order valence-electron chi connectivity index (χ4n) is 4.37. The Bertz CT molecular complexity index is 1330. The molecule has 1 aromatic carbocycles. The number of nitrogens with one attached hydrogen (secondary N) is 2. The zero-order chi connectivity index (χ0) is 22.8. The van der Waals surface area contributed by atoms with Crippen molar-refractivity contribution in [2.75, 3.05) is 13.7 Å². The number of aryl methyl sites for hydroxylation is 2. The monoisotopic (exact) mass is 438 g/mol. The zero-order valence-corrected chi connectivity index (χ0v) is 17.5. The summed E-state index contributed by atoms with van der Waals surface area (Å²) in [7, 11) is 1.32. The SMILES string of the molecule is COc1ccc2c(c1F)C(=O)N(C[C@@]1(c3cc4c(C)nc(C)cc4o3)NC(=O)NC1=O)C2. The molecule has 4 amide bonds. The number of fused-ring (bicyclic) bond motifs is 2. The lowest BCUT2D eigenvalue weighted by atomic mass is 9.95. The van der Waals surface area contributed by atoms with E-state index in [1.54, 1.807) is 18.2 Å². The van der Waals surface area contributed by atoms with Gasteiger partial charge in [-0.05, 0) is 31.5 Å². The fourth-order valence-corrected chi connectivity index (χ4v) is 4.37. The van der Waals surface area contributed by atoms with Crippen LogP contribution < -0.4 is 15.4 Å². The van der Waals surface area contributed by atoms with Crippen molar-refractivity contribution in [1.29, 1.82) is 0 Å². The molecule has 0 radical (unpaired) electrons.